The molecule has 3 N–H and O–H groups in total. The molecule has 0 radical (unpaired) electrons. The van der Waals surface area contributed by atoms with Crippen molar-refractivity contribution in [2.75, 3.05) is 40.1 Å². The maximum atomic E-state index is 11.7. The number of ether oxygens (including phenoxy) is 3. The summed E-state index contributed by atoms with van der Waals surface area (Å²) in [4.78, 5) is 23.4. The molecule has 7 nitrogen and oxygen atoms in total. The fourth-order valence-electron chi connectivity index (χ4n) is 1.53. The molecule has 118 valence electrons. The third kappa shape index (κ3) is 9.71. The number of nitrogens with two attached hydrogens (primary N) is 1. The van der Waals surface area contributed by atoms with Crippen LogP contribution in [0.1, 0.15) is 26.2 Å². The number of hydrogen-bond donors (Lipinski definition) is 2. The number of unbranched alkanes of at least 4 members (excludes halogenated alkanes) is 1. The van der Waals surface area contributed by atoms with E-state index in [1.807, 2.05) is 0 Å². The van der Waals surface area contributed by atoms with Gasteiger partial charge in [0.1, 0.15) is 12.6 Å². The summed E-state index contributed by atoms with van der Waals surface area (Å²) in [7, 11) is 1.55. The van der Waals surface area contributed by atoms with Gasteiger partial charge in [-0.3, -0.25) is 4.79 Å². The smallest absolute Gasteiger partial charge is 0.328 e. The van der Waals surface area contributed by atoms with Gasteiger partial charge in [0.25, 0.3) is 0 Å². The van der Waals surface area contributed by atoms with E-state index in [1.165, 1.54) is 0 Å². The standard InChI is InChI=1S/C13H26N2O5/c1-3-20-13(17)11(6-4-5-7-14)15-12(16)10-19-9-8-18-2/h11H,3-10,14H2,1-2H3,(H,15,16)/t11-/m0/s1. The van der Waals surface area contributed by atoms with Gasteiger partial charge in [0.15, 0.2) is 0 Å². The molecule has 0 fully saturated rings. The van der Waals surface area contributed by atoms with Crippen molar-refractivity contribution in [1.82, 2.24) is 5.32 Å². The predicted octanol–water partition coefficient (Wildman–Crippen LogP) is -0.174. The fourth-order valence-corrected chi connectivity index (χ4v) is 1.53. The number of hydrogen-bond acceptors (Lipinski definition) is 6. The number of carbonyl (C=O) groups is 2. The molecule has 0 saturated carbocycles. The SMILES string of the molecule is CCOC(=O)[C@H](CCCCN)NC(=O)COCCOC. The third-order valence-corrected chi connectivity index (χ3v) is 2.52. The number of esters is 1. The summed E-state index contributed by atoms with van der Waals surface area (Å²) in [6, 6.07) is -0.639. The molecule has 1 amide bonds. The van der Waals surface area contributed by atoms with Gasteiger partial charge < -0.3 is 25.3 Å². The third-order valence-electron chi connectivity index (χ3n) is 2.52. The molecule has 0 heterocycles. The highest BCUT2D eigenvalue weighted by molar-refractivity contribution is 5.85. The number of methoxy groups -OCH3 is 1. The van der Waals surface area contributed by atoms with Crippen molar-refractivity contribution >= 4 is 11.9 Å². The maximum Gasteiger partial charge on any atom is 0.328 e. The minimum absolute atomic E-state index is 0.101. The van der Waals surface area contributed by atoms with Crippen LogP contribution < -0.4 is 11.1 Å². The van der Waals surface area contributed by atoms with Crippen LogP contribution in [-0.2, 0) is 23.8 Å². The number of nitrogens with one attached hydrogen (secondary N) is 1. The van der Waals surface area contributed by atoms with Gasteiger partial charge in [0.05, 0.1) is 19.8 Å². The van der Waals surface area contributed by atoms with Crippen molar-refractivity contribution in [1.29, 1.82) is 0 Å². The van der Waals surface area contributed by atoms with Crippen LogP contribution in [0.25, 0.3) is 0 Å². The van der Waals surface area contributed by atoms with Gasteiger partial charge in [-0.2, -0.15) is 0 Å². The number of carbonyl (C=O) groups excluding carboxylic acids is 2. The second-order valence-corrected chi connectivity index (χ2v) is 4.20. The van der Waals surface area contributed by atoms with Gasteiger partial charge in [-0.25, -0.2) is 4.79 Å². The Morgan fingerprint density at radius 1 is 1.25 bits per heavy atom. The average molecular weight is 290 g/mol. The topological polar surface area (TPSA) is 99.9 Å². The molecule has 0 aliphatic heterocycles. The highest BCUT2D eigenvalue weighted by Crippen LogP contribution is 2.03. The summed E-state index contributed by atoms with van der Waals surface area (Å²) in [5.41, 5.74) is 5.41. The average Bonchev–Trinajstić information content (AvgIpc) is 2.43. The van der Waals surface area contributed by atoms with Crippen LogP contribution in [0.5, 0.6) is 0 Å². The first kappa shape index (κ1) is 18.8. The molecule has 20 heavy (non-hydrogen) atoms. The van der Waals surface area contributed by atoms with Gasteiger partial charge in [0.2, 0.25) is 5.91 Å². The van der Waals surface area contributed by atoms with Gasteiger partial charge in [-0.15, -0.1) is 0 Å². The van der Waals surface area contributed by atoms with E-state index in [4.69, 9.17) is 19.9 Å². The summed E-state index contributed by atoms with van der Waals surface area (Å²) >= 11 is 0. The lowest BCUT2D eigenvalue weighted by atomic mass is 10.1. The molecule has 7 heteroatoms. The molecule has 0 aromatic carbocycles. The zero-order valence-corrected chi connectivity index (χ0v) is 12.4. The molecular formula is C13H26N2O5. The highest BCUT2D eigenvalue weighted by Gasteiger charge is 2.21. The predicted molar refractivity (Wildman–Crippen MR) is 74.2 cm³/mol. The van der Waals surface area contributed by atoms with Crippen LogP contribution in [-0.4, -0.2) is 58.0 Å². The van der Waals surface area contributed by atoms with Crippen molar-refractivity contribution < 1.29 is 23.8 Å². The van der Waals surface area contributed by atoms with Gasteiger partial charge >= 0.3 is 5.97 Å². The monoisotopic (exact) mass is 290 g/mol. The molecular weight excluding hydrogens is 264 g/mol. The van der Waals surface area contributed by atoms with Crippen LogP contribution in [0.3, 0.4) is 0 Å². The molecule has 0 rings (SSSR count). The van der Waals surface area contributed by atoms with Crippen LogP contribution in [0.15, 0.2) is 0 Å². The summed E-state index contributed by atoms with van der Waals surface area (Å²) < 4.78 is 14.8. The van der Waals surface area contributed by atoms with Crippen LogP contribution in [0.4, 0.5) is 0 Å². The molecule has 1 atom stereocenters. The van der Waals surface area contributed by atoms with E-state index >= 15 is 0 Å². The number of amides is 1. The highest BCUT2D eigenvalue weighted by atomic mass is 16.5. The summed E-state index contributed by atoms with van der Waals surface area (Å²) in [5.74, 6) is -0.762. The van der Waals surface area contributed by atoms with Gasteiger partial charge in [-0.05, 0) is 32.7 Å². The van der Waals surface area contributed by atoms with E-state index in [1.54, 1.807) is 14.0 Å². The first-order chi connectivity index (χ1) is 9.65. The lowest BCUT2D eigenvalue weighted by molar-refractivity contribution is -0.148. The minimum atomic E-state index is -0.639. The van der Waals surface area contributed by atoms with E-state index in [9.17, 15) is 9.59 Å². The largest absolute Gasteiger partial charge is 0.464 e. The van der Waals surface area contributed by atoms with Gasteiger partial charge in [0, 0.05) is 7.11 Å². The van der Waals surface area contributed by atoms with Crippen molar-refractivity contribution in [2.45, 2.75) is 32.2 Å². The van der Waals surface area contributed by atoms with Gasteiger partial charge in [-0.1, -0.05) is 0 Å². The normalized spacial score (nSPS) is 11.9. The summed E-state index contributed by atoms with van der Waals surface area (Å²) in [6.45, 7) is 3.23. The Balaban J connectivity index is 4.11. The lowest BCUT2D eigenvalue weighted by Crippen LogP contribution is -2.43. The Morgan fingerprint density at radius 2 is 2.00 bits per heavy atom. The first-order valence-electron chi connectivity index (χ1n) is 6.88. The Bertz CT molecular complexity index is 273. The second-order valence-electron chi connectivity index (χ2n) is 4.20. The Labute approximate surface area is 120 Å². The van der Waals surface area contributed by atoms with Crippen LogP contribution in [0.2, 0.25) is 0 Å². The Morgan fingerprint density at radius 3 is 2.60 bits per heavy atom. The lowest BCUT2D eigenvalue weighted by Gasteiger charge is -2.17. The molecule has 0 aliphatic carbocycles. The van der Waals surface area contributed by atoms with E-state index in [2.05, 4.69) is 5.32 Å². The van der Waals surface area contributed by atoms with Crippen molar-refractivity contribution in [3.8, 4) is 0 Å². The molecule has 0 aromatic heterocycles. The molecule has 0 bridgehead atoms. The minimum Gasteiger partial charge on any atom is -0.464 e. The Kier molecular flexibility index (Phi) is 12.1. The van der Waals surface area contributed by atoms with E-state index in [0.29, 0.717) is 26.2 Å². The molecule has 0 aliphatic rings. The molecule has 0 saturated heterocycles. The van der Waals surface area contributed by atoms with Crippen LogP contribution in [0, 0.1) is 0 Å². The van der Waals surface area contributed by atoms with Crippen molar-refractivity contribution in [3.05, 3.63) is 0 Å². The van der Waals surface area contributed by atoms with E-state index in [-0.39, 0.29) is 19.1 Å². The number of rotatable bonds is 12. The molecule has 0 aromatic rings. The van der Waals surface area contributed by atoms with Crippen molar-refractivity contribution in [3.63, 3.8) is 0 Å². The fraction of sp³-hybridized carbons (Fsp3) is 0.846. The van der Waals surface area contributed by atoms with E-state index in [0.717, 1.165) is 12.8 Å². The zero-order valence-electron chi connectivity index (χ0n) is 12.4. The van der Waals surface area contributed by atoms with E-state index < -0.39 is 12.0 Å². The van der Waals surface area contributed by atoms with Crippen molar-refractivity contribution in [2.24, 2.45) is 5.73 Å². The maximum absolute atomic E-state index is 11.7. The first-order valence-corrected chi connectivity index (χ1v) is 6.88. The summed E-state index contributed by atoms with van der Waals surface area (Å²) in [6.07, 6.45) is 2.07. The molecule has 0 spiro atoms. The van der Waals surface area contributed by atoms with Crippen LogP contribution >= 0.6 is 0 Å². The summed E-state index contributed by atoms with van der Waals surface area (Å²) in [5, 5.41) is 2.62. The quantitative estimate of drug-likeness (QED) is 0.382. The molecule has 0 unspecified atom stereocenters. The Hall–Kier alpha value is -1.18. The second kappa shape index (κ2) is 12.8. The zero-order chi connectivity index (χ0) is 15.2.